The van der Waals surface area contributed by atoms with Crippen LogP contribution in [0.1, 0.15) is 13.8 Å². The third-order valence-corrected chi connectivity index (χ3v) is 4.07. The fraction of sp³-hybridized carbons (Fsp3) is 0.150. The van der Waals surface area contributed by atoms with Crippen LogP contribution in [0.5, 0.6) is 0 Å². The molecule has 10 heteroatoms. The van der Waals surface area contributed by atoms with Gasteiger partial charge in [-0.25, -0.2) is 9.78 Å². The number of hydrogen-bond donors (Lipinski definition) is 2. The molecule has 1 aromatic carbocycles. The van der Waals surface area contributed by atoms with E-state index in [2.05, 4.69) is 30.8 Å². The number of aryl methyl sites for hydroxylation is 1. The maximum absolute atomic E-state index is 12.4. The van der Waals surface area contributed by atoms with E-state index in [0.29, 0.717) is 34.0 Å². The Morgan fingerprint density at radius 2 is 1.80 bits per heavy atom. The summed E-state index contributed by atoms with van der Waals surface area (Å²) in [5.41, 5.74) is 1.62. The van der Waals surface area contributed by atoms with Gasteiger partial charge in [0.1, 0.15) is 0 Å². The zero-order valence-electron chi connectivity index (χ0n) is 16.7. The van der Waals surface area contributed by atoms with E-state index in [-0.39, 0.29) is 5.95 Å². The number of rotatable bonds is 3. The Bertz CT molecular complexity index is 1290. The van der Waals surface area contributed by atoms with Crippen LogP contribution in [0.3, 0.4) is 0 Å². The van der Waals surface area contributed by atoms with Gasteiger partial charge in [0.2, 0.25) is 11.8 Å². The number of amides is 2. The van der Waals surface area contributed by atoms with Crippen molar-refractivity contribution in [3.05, 3.63) is 54.9 Å². The van der Waals surface area contributed by atoms with Gasteiger partial charge < -0.3 is 9.73 Å². The second-order valence-corrected chi connectivity index (χ2v) is 6.07. The van der Waals surface area contributed by atoms with E-state index < -0.39 is 6.03 Å². The maximum Gasteiger partial charge on any atom is 0.326 e. The van der Waals surface area contributed by atoms with Gasteiger partial charge in [0.25, 0.3) is 0 Å². The van der Waals surface area contributed by atoms with E-state index in [1.807, 2.05) is 32.0 Å². The summed E-state index contributed by atoms with van der Waals surface area (Å²) < 4.78 is 8.48. The normalized spacial score (nSPS) is 10.6. The van der Waals surface area contributed by atoms with Crippen molar-refractivity contribution in [2.75, 3.05) is 10.6 Å². The standard InChI is InChI=1S/C18H14N8O2.C2H6/c1-25-10-12-14(23-25)21-17(22-18(27)19-11-6-3-2-4-7-11)26-16(12)20-15(24-26)13-8-5-9-28-13;1-2/h2-10H,1H3,(H2,19,21,22,23,27);1-2H3. The summed E-state index contributed by atoms with van der Waals surface area (Å²) in [6.07, 6.45) is 3.34. The van der Waals surface area contributed by atoms with Crippen molar-refractivity contribution >= 4 is 34.3 Å². The van der Waals surface area contributed by atoms with Gasteiger partial charge in [0.05, 0.1) is 11.6 Å². The minimum Gasteiger partial charge on any atom is -0.461 e. The first kappa shape index (κ1) is 19.1. The second kappa shape index (κ2) is 8.03. The summed E-state index contributed by atoms with van der Waals surface area (Å²) in [5, 5.41) is 14.9. The number of hydrogen-bond acceptors (Lipinski definition) is 6. The summed E-state index contributed by atoms with van der Waals surface area (Å²) in [6, 6.07) is 12.2. The second-order valence-electron chi connectivity index (χ2n) is 6.07. The molecular formula is C20H20N8O2. The van der Waals surface area contributed by atoms with Crippen LogP contribution in [-0.4, -0.2) is 35.4 Å². The number of para-hydroxylation sites is 1. The van der Waals surface area contributed by atoms with Gasteiger partial charge >= 0.3 is 6.03 Å². The van der Waals surface area contributed by atoms with Crippen LogP contribution < -0.4 is 10.6 Å². The average Bonchev–Trinajstić information content (AvgIpc) is 3.49. The molecule has 0 saturated heterocycles. The molecule has 0 bridgehead atoms. The lowest BCUT2D eigenvalue weighted by molar-refractivity contribution is 0.262. The number of carbonyl (C=O) groups is 1. The van der Waals surface area contributed by atoms with Gasteiger partial charge in [-0.15, -0.1) is 5.10 Å². The summed E-state index contributed by atoms with van der Waals surface area (Å²) in [5.74, 6) is 1.09. The first-order valence-electron chi connectivity index (χ1n) is 9.44. The van der Waals surface area contributed by atoms with Crippen molar-refractivity contribution in [1.82, 2.24) is 29.4 Å². The number of benzene rings is 1. The Morgan fingerprint density at radius 1 is 1.00 bits per heavy atom. The predicted octanol–water partition coefficient (Wildman–Crippen LogP) is 3.94. The molecule has 0 aliphatic heterocycles. The number of aromatic nitrogens is 6. The molecule has 5 aromatic rings. The van der Waals surface area contributed by atoms with Crippen LogP contribution in [0.4, 0.5) is 16.4 Å². The number of furan rings is 1. The van der Waals surface area contributed by atoms with Crippen LogP contribution in [0.25, 0.3) is 28.3 Å². The van der Waals surface area contributed by atoms with Crippen molar-refractivity contribution in [2.24, 2.45) is 7.05 Å². The first-order chi connectivity index (χ1) is 14.7. The highest BCUT2D eigenvalue weighted by Crippen LogP contribution is 2.23. The number of nitrogens with one attached hydrogen (secondary N) is 2. The van der Waals surface area contributed by atoms with Crippen molar-refractivity contribution in [2.45, 2.75) is 13.8 Å². The van der Waals surface area contributed by atoms with E-state index in [4.69, 9.17) is 4.42 Å². The molecule has 5 rings (SSSR count). The zero-order chi connectivity index (χ0) is 21.1. The molecule has 0 atom stereocenters. The largest absolute Gasteiger partial charge is 0.461 e. The average molecular weight is 404 g/mol. The zero-order valence-corrected chi connectivity index (χ0v) is 16.7. The fourth-order valence-corrected chi connectivity index (χ4v) is 2.88. The van der Waals surface area contributed by atoms with Crippen LogP contribution in [0, 0.1) is 0 Å². The maximum atomic E-state index is 12.4. The van der Waals surface area contributed by atoms with E-state index in [1.165, 1.54) is 4.52 Å². The SMILES string of the molecule is CC.Cn1cc2c(nc(NC(=O)Nc3ccccc3)n3nc(-c4ccco4)nc23)n1. The smallest absolute Gasteiger partial charge is 0.326 e. The minimum absolute atomic E-state index is 0.194. The quantitative estimate of drug-likeness (QED) is 0.471. The molecule has 0 aliphatic carbocycles. The predicted molar refractivity (Wildman–Crippen MR) is 113 cm³/mol. The van der Waals surface area contributed by atoms with Gasteiger partial charge in [-0.2, -0.15) is 14.6 Å². The number of urea groups is 1. The molecule has 0 spiro atoms. The molecule has 10 nitrogen and oxygen atoms in total. The van der Waals surface area contributed by atoms with Gasteiger partial charge in [-0.3, -0.25) is 10.00 Å². The summed E-state index contributed by atoms with van der Waals surface area (Å²) >= 11 is 0. The monoisotopic (exact) mass is 404 g/mol. The molecule has 0 aliphatic rings. The lowest BCUT2D eigenvalue weighted by Crippen LogP contribution is -2.22. The van der Waals surface area contributed by atoms with Gasteiger partial charge in [-0.05, 0) is 24.3 Å². The van der Waals surface area contributed by atoms with Gasteiger partial charge in [0.15, 0.2) is 17.1 Å². The molecule has 30 heavy (non-hydrogen) atoms. The van der Waals surface area contributed by atoms with Crippen LogP contribution in [0.2, 0.25) is 0 Å². The topological polar surface area (TPSA) is 115 Å². The molecule has 0 unspecified atom stereocenters. The third-order valence-electron chi connectivity index (χ3n) is 4.07. The van der Waals surface area contributed by atoms with E-state index >= 15 is 0 Å². The Hall–Kier alpha value is -4.21. The van der Waals surface area contributed by atoms with Crippen LogP contribution in [0.15, 0.2) is 59.3 Å². The number of anilines is 2. The number of carbonyl (C=O) groups excluding carboxylic acids is 1. The first-order valence-corrected chi connectivity index (χ1v) is 9.44. The van der Waals surface area contributed by atoms with Crippen molar-refractivity contribution < 1.29 is 9.21 Å². The summed E-state index contributed by atoms with van der Waals surface area (Å²) in [4.78, 5) is 21.4. The van der Waals surface area contributed by atoms with E-state index in [1.54, 1.807) is 48.5 Å². The summed E-state index contributed by atoms with van der Waals surface area (Å²) in [7, 11) is 1.79. The molecule has 152 valence electrons. The van der Waals surface area contributed by atoms with Crippen molar-refractivity contribution in [3.8, 4) is 11.6 Å². The van der Waals surface area contributed by atoms with E-state index in [9.17, 15) is 4.79 Å². The Morgan fingerprint density at radius 3 is 2.53 bits per heavy atom. The summed E-state index contributed by atoms with van der Waals surface area (Å²) in [6.45, 7) is 4.00. The Kier molecular flexibility index (Phi) is 5.12. The van der Waals surface area contributed by atoms with Crippen LogP contribution in [-0.2, 0) is 7.05 Å². The molecular weight excluding hydrogens is 384 g/mol. The molecule has 2 N–H and O–H groups in total. The Labute approximate surface area is 171 Å². The highest BCUT2D eigenvalue weighted by Gasteiger charge is 2.19. The van der Waals surface area contributed by atoms with Crippen molar-refractivity contribution in [3.63, 3.8) is 0 Å². The van der Waals surface area contributed by atoms with Crippen molar-refractivity contribution in [1.29, 1.82) is 0 Å². The Balaban J connectivity index is 0.00000106. The van der Waals surface area contributed by atoms with E-state index in [0.717, 1.165) is 0 Å². The highest BCUT2D eigenvalue weighted by molar-refractivity contribution is 6.00. The fourth-order valence-electron chi connectivity index (χ4n) is 2.88. The lowest BCUT2D eigenvalue weighted by Gasteiger charge is -2.07. The molecule has 4 heterocycles. The third kappa shape index (κ3) is 3.58. The molecule has 4 aromatic heterocycles. The molecule has 0 fully saturated rings. The van der Waals surface area contributed by atoms with Gasteiger partial charge in [0, 0.05) is 18.9 Å². The molecule has 0 saturated carbocycles. The number of fused-ring (bicyclic) bond motifs is 3. The lowest BCUT2D eigenvalue weighted by atomic mass is 10.3. The van der Waals surface area contributed by atoms with Crippen LogP contribution >= 0.6 is 0 Å². The minimum atomic E-state index is -0.453. The highest BCUT2D eigenvalue weighted by atomic mass is 16.3. The van der Waals surface area contributed by atoms with Gasteiger partial charge in [-0.1, -0.05) is 32.0 Å². The molecule has 0 radical (unpaired) electrons. The number of nitrogens with zero attached hydrogens (tertiary/aromatic N) is 6. The molecule has 2 amide bonds.